The monoisotopic (exact) mass is 329 g/mol. The van der Waals surface area contributed by atoms with E-state index in [0.29, 0.717) is 22.6 Å². The smallest absolute Gasteiger partial charge is 0.326 e. The lowest BCUT2D eigenvalue weighted by Crippen LogP contribution is -2.42. The Hall–Kier alpha value is -3.02. The maximum atomic E-state index is 12.2. The van der Waals surface area contributed by atoms with Crippen LogP contribution >= 0.6 is 0 Å². The number of benzene rings is 2. The summed E-state index contributed by atoms with van der Waals surface area (Å²) >= 11 is 0. The van der Waals surface area contributed by atoms with E-state index in [1.807, 2.05) is 0 Å². The van der Waals surface area contributed by atoms with E-state index in [1.165, 1.54) is 14.2 Å². The van der Waals surface area contributed by atoms with Gasteiger partial charge in [0.15, 0.2) is 0 Å². The lowest BCUT2D eigenvalue weighted by atomic mass is 10.0. The first-order chi connectivity index (χ1) is 11.5. The zero-order valence-electron chi connectivity index (χ0n) is 13.5. The van der Waals surface area contributed by atoms with E-state index in [9.17, 15) is 14.7 Å². The number of nitrogens with one attached hydrogen (secondary N) is 1. The first-order valence-corrected chi connectivity index (χ1v) is 7.34. The van der Waals surface area contributed by atoms with E-state index >= 15 is 0 Å². The molecule has 0 spiro atoms. The lowest BCUT2D eigenvalue weighted by Gasteiger charge is -2.17. The van der Waals surface area contributed by atoms with Gasteiger partial charge in [0.1, 0.15) is 17.5 Å². The number of hydrogen-bond acceptors (Lipinski definition) is 4. The molecule has 0 aliphatic heterocycles. The lowest BCUT2D eigenvalue weighted by molar-refractivity contribution is -0.139. The van der Waals surface area contributed by atoms with Crippen LogP contribution < -0.4 is 14.8 Å². The third kappa shape index (κ3) is 4.25. The van der Waals surface area contributed by atoms with Crippen LogP contribution in [-0.4, -0.2) is 37.2 Å². The largest absolute Gasteiger partial charge is 0.497 e. The number of aliphatic carboxylic acids is 1. The molecule has 0 aliphatic carbocycles. The van der Waals surface area contributed by atoms with Crippen molar-refractivity contribution in [3.8, 4) is 11.5 Å². The van der Waals surface area contributed by atoms with Crippen molar-refractivity contribution < 1.29 is 24.2 Å². The highest BCUT2D eigenvalue weighted by molar-refractivity contribution is 5.96. The highest BCUT2D eigenvalue weighted by atomic mass is 16.5. The van der Waals surface area contributed by atoms with Crippen LogP contribution in [0, 0.1) is 0 Å². The first-order valence-electron chi connectivity index (χ1n) is 7.34. The molecule has 0 fully saturated rings. The van der Waals surface area contributed by atoms with E-state index in [4.69, 9.17) is 9.47 Å². The van der Waals surface area contributed by atoms with Crippen molar-refractivity contribution in [1.82, 2.24) is 5.32 Å². The van der Waals surface area contributed by atoms with E-state index in [0.717, 1.165) is 0 Å². The summed E-state index contributed by atoms with van der Waals surface area (Å²) in [7, 11) is 3.03. The molecule has 0 heterocycles. The van der Waals surface area contributed by atoms with Crippen LogP contribution in [0.2, 0.25) is 0 Å². The van der Waals surface area contributed by atoms with E-state index in [1.54, 1.807) is 48.5 Å². The van der Waals surface area contributed by atoms with Gasteiger partial charge < -0.3 is 19.9 Å². The normalized spacial score (nSPS) is 11.4. The predicted molar refractivity (Wildman–Crippen MR) is 88.6 cm³/mol. The molecule has 2 aromatic rings. The Kier molecular flexibility index (Phi) is 5.78. The Balaban J connectivity index is 2.20. The number of carboxylic acids is 1. The van der Waals surface area contributed by atoms with Crippen LogP contribution in [0.15, 0.2) is 48.5 Å². The number of carboxylic acid groups (broad SMARTS) is 1. The Bertz CT molecular complexity index is 715. The van der Waals surface area contributed by atoms with Crippen molar-refractivity contribution in [2.45, 2.75) is 12.5 Å². The van der Waals surface area contributed by atoms with Crippen LogP contribution in [0.1, 0.15) is 15.9 Å². The Morgan fingerprint density at radius 2 is 1.79 bits per heavy atom. The van der Waals surface area contributed by atoms with Crippen molar-refractivity contribution in [3.05, 3.63) is 59.7 Å². The second-order valence-corrected chi connectivity index (χ2v) is 5.11. The quantitative estimate of drug-likeness (QED) is 0.813. The molecule has 2 rings (SSSR count). The average Bonchev–Trinajstić information content (AvgIpc) is 2.61. The van der Waals surface area contributed by atoms with Crippen LogP contribution in [0.5, 0.6) is 11.5 Å². The van der Waals surface area contributed by atoms with Gasteiger partial charge in [-0.25, -0.2) is 4.79 Å². The third-order valence-electron chi connectivity index (χ3n) is 3.55. The number of ether oxygens (including phenoxy) is 2. The standard InChI is InChI=1S/C18H19NO5/c1-23-14-8-9-16(24-2)13(10-14)11-15(18(21)22)19-17(20)12-6-4-3-5-7-12/h3-10,15H,11H2,1-2H3,(H,19,20)(H,21,22)/t15-/m1/s1. The van der Waals surface area contributed by atoms with Gasteiger partial charge >= 0.3 is 5.97 Å². The van der Waals surface area contributed by atoms with Crippen molar-refractivity contribution in [2.75, 3.05) is 14.2 Å². The van der Waals surface area contributed by atoms with E-state index in [-0.39, 0.29) is 6.42 Å². The van der Waals surface area contributed by atoms with Crippen molar-refractivity contribution in [3.63, 3.8) is 0 Å². The summed E-state index contributed by atoms with van der Waals surface area (Å²) in [5, 5.41) is 12.0. The van der Waals surface area contributed by atoms with Gasteiger partial charge in [0.05, 0.1) is 14.2 Å². The molecule has 0 saturated carbocycles. The van der Waals surface area contributed by atoms with Crippen LogP contribution in [0.3, 0.4) is 0 Å². The molecule has 0 saturated heterocycles. The van der Waals surface area contributed by atoms with Gasteiger partial charge in [-0.15, -0.1) is 0 Å². The maximum absolute atomic E-state index is 12.2. The molecule has 6 heteroatoms. The molecule has 2 aromatic carbocycles. The molecule has 0 radical (unpaired) electrons. The Labute approximate surface area is 140 Å². The Morgan fingerprint density at radius 3 is 2.38 bits per heavy atom. The topological polar surface area (TPSA) is 84.9 Å². The average molecular weight is 329 g/mol. The van der Waals surface area contributed by atoms with E-state index < -0.39 is 17.9 Å². The number of amides is 1. The number of carbonyl (C=O) groups is 2. The fraction of sp³-hybridized carbons (Fsp3) is 0.222. The molecular formula is C18H19NO5. The predicted octanol–water partition coefficient (Wildman–Crippen LogP) is 2.13. The molecular weight excluding hydrogens is 310 g/mol. The zero-order chi connectivity index (χ0) is 17.5. The minimum absolute atomic E-state index is 0.0777. The molecule has 2 N–H and O–H groups in total. The molecule has 1 atom stereocenters. The highest BCUT2D eigenvalue weighted by Crippen LogP contribution is 2.25. The second-order valence-electron chi connectivity index (χ2n) is 5.11. The first kappa shape index (κ1) is 17.3. The van der Waals surface area contributed by atoms with Gasteiger partial charge in [0.2, 0.25) is 0 Å². The van der Waals surface area contributed by atoms with Gasteiger partial charge in [0, 0.05) is 17.5 Å². The summed E-state index contributed by atoms with van der Waals surface area (Å²) in [5.74, 6) is -0.436. The SMILES string of the molecule is COc1ccc(OC)c(C[C@@H](NC(=O)c2ccccc2)C(=O)O)c1. The molecule has 0 bridgehead atoms. The fourth-order valence-electron chi connectivity index (χ4n) is 2.29. The fourth-order valence-corrected chi connectivity index (χ4v) is 2.29. The van der Waals surface area contributed by atoms with Crippen LogP contribution in [0.25, 0.3) is 0 Å². The van der Waals surface area contributed by atoms with Crippen LogP contribution in [0.4, 0.5) is 0 Å². The second kappa shape index (κ2) is 8.01. The van der Waals surface area contributed by atoms with Gasteiger partial charge in [-0.1, -0.05) is 18.2 Å². The number of hydrogen-bond donors (Lipinski definition) is 2. The molecule has 126 valence electrons. The summed E-state index contributed by atoms with van der Waals surface area (Å²) in [6.45, 7) is 0. The van der Waals surface area contributed by atoms with E-state index in [2.05, 4.69) is 5.32 Å². The number of rotatable bonds is 7. The zero-order valence-corrected chi connectivity index (χ0v) is 13.5. The molecule has 0 unspecified atom stereocenters. The molecule has 0 aliphatic rings. The summed E-state index contributed by atoms with van der Waals surface area (Å²) in [4.78, 5) is 23.7. The minimum Gasteiger partial charge on any atom is -0.497 e. The summed E-state index contributed by atoms with van der Waals surface area (Å²) in [6.07, 6.45) is 0.0777. The number of methoxy groups -OCH3 is 2. The van der Waals surface area contributed by atoms with Crippen molar-refractivity contribution >= 4 is 11.9 Å². The van der Waals surface area contributed by atoms with Crippen molar-refractivity contribution in [1.29, 1.82) is 0 Å². The maximum Gasteiger partial charge on any atom is 0.326 e. The van der Waals surface area contributed by atoms with Crippen molar-refractivity contribution in [2.24, 2.45) is 0 Å². The molecule has 1 amide bonds. The molecule has 6 nitrogen and oxygen atoms in total. The summed E-state index contributed by atoms with van der Waals surface area (Å²) < 4.78 is 10.4. The van der Waals surface area contributed by atoms with Gasteiger partial charge in [-0.3, -0.25) is 4.79 Å². The number of carbonyl (C=O) groups excluding carboxylic acids is 1. The third-order valence-corrected chi connectivity index (χ3v) is 3.55. The Morgan fingerprint density at radius 1 is 1.08 bits per heavy atom. The summed E-state index contributed by atoms with van der Waals surface area (Å²) in [5.41, 5.74) is 1.04. The van der Waals surface area contributed by atoms with Gasteiger partial charge in [-0.05, 0) is 30.3 Å². The molecule has 24 heavy (non-hydrogen) atoms. The highest BCUT2D eigenvalue weighted by Gasteiger charge is 2.23. The van der Waals surface area contributed by atoms with Crippen LogP contribution in [-0.2, 0) is 11.2 Å². The van der Waals surface area contributed by atoms with Gasteiger partial charge in [-0.2, -0.15) is 0 Å². The minimum atomic E-state index is -1.12. The van der Waals surface area contributed by atoms with Gasteiger partial charge in [0.25, 0.3) is 5.91 Å². The molecule has 0 aromatic heterocycles. The summed E-state index contributed by atoms with van der Waals surface area (Å²) in [6, 6.07) is 12.5.